The van der Waals surface area contributed by atoms with Crippen molar-refractivity contribution in [1.82, 2.24) is 15.1 Å². The fraction of sp³-hybridized carbons (Fsp3) is 0.600. The summed E-state index contributed by atoms with van der Waals surface area (Å²) in [5.41, 5.74) is 0. The molecule has 0 radical (unpaired) electrons. The SMILES string of the molecule is CC(=O)N1CC(=O)N(CC(=O)NC2C[N+]([O-])(S(=O)(=O)O)C2)C1=O.[H-].[Na+]. The van der Waals surface area contributed by atoms with Crippen LogP contribution in [-0.4, -0.2) is 82.8 Å². The second-order valence-electron chi connectivity index (χ2n) is 5.26. The number of carbonyl (C=O) groups is 4. The Morgan fingerprint density at radius 3 is 2.38 bits per heavy atom. The van der Waals surface area contributed by atoms with Gasteiger partial charge in [-0.2, -0.15) is 0 Å². The molecule has 0 aromatic rings. The maximum absolute atomic E-state index is 11.8. The molecule has 0 aromatic carbocycles. The molecule has 0 unspecified atom stereocenters. The molecule has 2 aliphatic rings. The summed E-state index contributed by atoms with van der Waals surface area (Å²) in [6, 6.07) is -1.73. The molecule has 2 rings (SSSR count). The zero-order chi connectivity index (χ0) is 17.6. The summed E-state index contributed by atoms with van der Waals surface area (Å²) in [5.74, 6) is -2.14. The third-order valence-electron chi connectivity index (χ3n) is 3.52. The van der Waals surface area contributed by atoms with Crippen molar-refractivity contribution in [1.29, 1.82) is 0 Å². The molecule has 2 saturated heterocycles. The van der Waals surface area contributed by atoms with Gasteiger partial charge in [0.1, 0.15) is 32.2 Å². The summed E-state index contributed by atoms with van der Waals surface area (Å²) >= 11 is 0. The van der Waals surface area contributed by atoms with Crippen LogP contribution in [0.5, 0.6) is 0 Å². The molecular weight excluding hydrogens is 359 g/mol. The van der Waals surface area contributed by atoms with Crippen LogP contribution in [0.1, 0.15) is 8.35 Å². The minimum atomic E-state index is -4.82. The van der Waals surface area contributed by atoms with E-state index in [1.54, 1.807) is 0 Å². The van der Waals surface area contributed by atoms with Gasteiger partial charge < -0.3 is 12.0 Å². The normalized spacial score (nSPS) is 26.7. The molecule has 0 atom stereocenters. The van der Waals surface area contributed by atoms with Crippen molar-refractivity contribution in [3.63, 3.8) is 0 Å². The molecule has 0 saturated carbocycles. The number of hydrogen-bond donors (Lipinski definition) is 2. The maximum atomic E-state index is 11.8. The quantitative estimate of drug-likeness (QED) is 0.162. The average molecular weight is 374 g/mol. The van der Waals surface area contributed by atoms with E-state index < -0.39 is 70.3 Å². The summed E-state index contributed by atoms with van der Waals surface area (Å²) in [4.78, 5) is 47.5. The topological polar surface area (TPSA) is 164 Å². The van der Waals surface area contributed by atoms with E-state index in [2.05, 4.69) is 5.32 Å². The minimum absolute atomic E-state index is 0. The van der Waals surface area contributed by atoms with Crippen LogP contribution in [0.15, 0.2) is 0 Å². The van der Waals surface area contributed by atoms with Crippen LogP contribution in [0, 0.1) is 5.21 Å². The van der Waals surface area contributed by atoms with E-state index in [-0.39, 0.29) is 31.0 Å². The van der Waals surface area contributed by atoms with Gasteiger partial charge in [0, 0.05) is 6.92 Å². The molecule has 0 bridgehead atoms. The smallest absolute Gasteiger partial charge is 1.00 e. The first-order valence-corrected chi connectivity index (χ1v) is 7.82. The van der Waals surface area contributed by atoms with Crippen LogP contribution in [0.25, 0.3) is 0 Å². The first-order chi connectivity index (χ1) is 10.4. The van der Waals surface area contributed by atoms with Crippen molar-refractivity contribution in [2.75, 3.05) is 26.2 Å². The molecule has 24 heavy (non-hydrogen) atoms. The Morgan fingerprint density at radius 2 is 1.96 bits per heavy atom. The monoisotopic (exact) mass is 374 g/mol. The number of amides is 5. The van der Waals surface area contributed by atoms with Crippen LogP contribution >= 0.6 is 0 Å². The molecule has 5 amide bonds. The number of rotatable bonds is 4. The Labute approximate surface area is 160 Å². The Hall–Kier alpha value is -1.09. The van der Waals surface area contributed by atoms with Gasteiger partial charge in [-0.15, -0.1) is 8.42 Å². The van der Waals surface area contributed by atoms with Crippen molar-refractivity contribution in [2.24, 2.45) is 0 Å². The predicted octanol–water partition coefficient (Wildman–Crippen LogP) is -5.47. The summed E-state index contributed by atoms with van der Waals surface area (Å²) < 4.78 is 28.4. The van der Waals surface area contributed by atoms with Gasteiger partial charge in [-0.25, -0.2) is 13.4 Å². The Balaban J connectivity index is 0.00000288. The summed E-state index contributed by atoms with van der Waals surface area (Å²) in [6.07, 6.45) is 0. The molecule has 0 spiro atoms. The minimum Gasteiger partial charge on any atom is -1.00 e. The van der Waals surface area contributed by atoms with Gasteiger partial charge in [0.15, 0.2) is 0 Å². The van der Waals surface area contributed by atoms with Gasteiger partial charge in [-0.3, -0.25) is 24.2 Å². The maximum Gasteiger partial charge on any atom is 1.00 e. The Morgan fingerprint density at radius 1 is 1.42 bits per heavy atom. The summed E-state index contributed by atoms with van der Waals surface area (Å²) in [6.45, 7) is -1.15. The number of urea groups is 1. The number of quaternary nitrogens is 1. The van der Waals surface area contributed by atoms with Gasteiger partial charge in [-0.1, -0.05) is 0 Å². The van der Waals surface area contributed by atoms with E-state index in [0.29, 0.717) is 9.80 Å². The number of nitrogens with one attached hydrogen (secondary N) is 1. The molecule has 2 fully saturated rings. The molecular formula is C10H15N4NaO8S. The van der Waals surface area contributed by atoms with Crippen molar-refractivity contribution in [3.8, 4) is 0 Å². The molecule has 12 nitrogen and oxygen atoms in total. The third kappa shape index (κ3) is 3.93. The summed E-state index contributed by atoms with van der Waals surface area (Å²) in [7, 11) is -4.82. The van der Waals surface area contributed by atoms with Gasteiger partial charge in [0.2, 0.25) is 11.8 Å². The van der Waals surface area contributed by atoms with Crippen LogP contribution in [0.3, 0.4) is 0 Å². The van der Waals surface area contributed by atoms with E-state index >= 15 is 0 Å². The number of hydroxylamine groups is 2. The Bertz CT molecular complexity index is 695. The average Bonchev–Trinajstić information content (AvgIpc) is 2.63. The second-order valence-corrected chi connectivity index (χ2v) is 6.82. The fourth-order valence-electron chi connectivity index (χ4n) is 2.26. The number of nitrogens with zero attached hydrogens (tertiary/aromatic N) is 3. The van der Waals surface area contributed by atoms with Gasteiger partial charge in [-0.05, 0) is 0 Å². The number of carbonyl (C=O) groups excluding carboxylic acids is 4. The first-order valence-electron chi connectivity index (χ1n) is 6.42. The Kier molecular flexibility index (Phi) is 6.14. The van der Waals surface area contributed by atoms with E-state index in [4.69, 9.17) is 4.55 Å². The van der Waals surface area contributed by atoms with Gasteiger partial charge >= 0.3 is 45.9 Å². The summed E-state index contributed by atoms with van der Waals surface area (Å²) in [5, 5.41) is 13.8. The van der Waals surface area contributed by atoms with Crippen molar-refractivity contribution < 1.29 is 67.2 Å². The van der Waals surface area contributed by atoms with E-state index in [1.165, 1.54) is 0 Å². The number of hydrogen-bond acceptors (Lipinski definition) is 7. The van der Waals surface area contributed by atoms with Crippen LogP contribution in [0.4, 0.5) is 4.79 Å². The molecule has 2 N–H and O–H groups in total. The van der Waals surface area contributed by atoms with E-state index in [0.717, 1.165) is 6.92 Å². The largest absolute Gasteiger partial charge is 1.00 e. The molecule has 0 aliphatic carbocycles. The zero-order valence-corrected chi connectivity index (χ0v) is 15.8. The third-order valence-corrected chi connectivity index (χ3v) is 4.66. The van der Waals surface area contributed by atoms with Crippen LogP contribution in [0.2, 0.25) is 0 Å². The van der Waals surface area contributed by atoms with Crippen molar-refractivity contribution >= 4 is 34.1 Å². The zero-order valence-electron chi connectivity index (χ0n) is 14.0. The van der Waals surface area contributed by atoms with Crippen molar-refractivity contribution in [3.05, 3.63) is 5.21 Å². The van der Waals surface area contributed by atoms with E-state index in [1.807, 2.05) is 0 Å². The second kappa shape index (κ2) is 7.03. The molecule has 130 valence electrons. The molecule has 0 aromatic heterocycles. The van der Waals surface area contributed by atoms with Gasteiger partial charge in [0.05, 0.1) is 0 Å². The first kappa shape index (κ1) is 21.0. The number of imide groups is 2. The van der Waals surface area contributed by atoms with Crippen molar-refractivity contribution in [2.45, 2.75) is 13.0 Å². The predicted molar refractivity (Wildman–Crippen MR) is 72.4 cm³/mol. The molecule has 14 heteroatoms. The van der Waals surface area contributed by atoms with E-state index in [9.17, 15) is 32.8 Å². The molecule has 2 heterocycles. The van der Waals surface area contributed by atoms with Gasteiger partial charge in [0.25, 0.3) is 5.91 Å². The fourth-order valence-corrected chi connectivity index (χ4v) is 2.99. The standard InChI is InChI=1S/C10H14N4O8S.Na.H/c1-6(15)12-3-9(17)13(10(12)18)2-8(16)11-7-4-14(19,5-7)23(20,21)22;;/h7H,2-5H2,1H3,(H,11,16)(H,20,21,22);;/q;+1;-1. The van der Waals surface area contributed by atoms with Crippen LogP contribution < -0.4 is 34.9 Å². The van der Waals surface area contributed by atoms with Crippen LogP contribution in [-0.2, 0) is 24.7 Å². The molecule has 2 aliphatic heterocycles.